The normalized spacial score (nSPS) is 11.0. The fourth-order valence-electron chi connectivity index (χ4n) is 1.95. The van der Waals surface area contributed by atoms with Gasteiger partial charge in [0.2, 0.25) is 0 Å². The van der Waals surface area contributed by atoms with Crippen LogP contribution < -0.4 is 5.73 Å². The summed E-state index contributed by atoms with van der Waals surface area (Å²) in [7, 11) is 0. The number of nitrogens with zero attached hydrogens (tertiary/aromatic N) is 4. The van der Waals surface area contributed by atoms with Crippen molar-refractivity contribution in [3.8, 4) is 11.3 Å². The van der Waals surface area contributed by atoms with Gasteiger partial charge < -0.3 is 5.73 Å². The van der Waals surface area contributed by atoms with Gasteiger partial charge in [-0.25, -0.2) is 9.50 Å². The second kappa shape index (κ2) is 4.19. The quantitative estimate of drug-likeness (QED) is 0.736. The first-order valence-electron chi connectivity index (χ1n) is 5.75. The lowest BCUT2D eigenvalue weighted by Crippen LogP contribution is -2.00. The smallest absolute Gasteiger partial charge is 0.183 e. The molecule has 2 aromatic heterocycles. The molecule has 0 saturated heterocycles. The third kappa shape index (κ3) is 1.65. The van der Waals surface area contributed by atoms with Gasteiger partial charge in [0, 0.05) is 30.1 Å². The largest absolute Gasteiger partial charge is 0.326 e. The lowest BCUT2D eigenvalue weighted by Gasteiger charge is -2.01. The van der Waals surface area contributed by atoms with Gasteiger partial charge in [0.15, 0.2) is 5.65 Å². The van der Waals surface area contributed by atoms with E-state index in [-0.39, 0.29) is 0 Å². The van der Waals surface area contributed by atoms with Crippen LogP contribution in [-0.2, 0) is 6.54 Å². The summed E-state index contributed by atoms with van der Waals surface area (Å²) >= 11 is 0. The molecule has 0 spiro atoms. The van der Waals surface area contributed by atoms with Crippen molar-refractivity contribution in [3.63, 3.8) is 0 Å². The number of aryl methyl sites for hydroxylation is 1. The van der Waals surface area contributed by atoms with E-state index in [0.29, 0.717) is 6.54 Å². The summed E-state index contributed by atoms with van der Waals surface area (Å²) in [5, 5.41) is 8.30. The average molecular weight is 239 g/mol. The van der Waals surface area contributed by atoms with Gasteiger partial charge in [0.1, 0.15) is 5.69 Å². The van der Waals surface area contributed by atoms with Crippen molar-refractivity contribution in [3.05, 3.63) is 47.8 Å². The first kappa shape index (κ1) is 10.9. The van der Waals surface area contributed by atoms with Crippen molar-refractivity contribution in [2.75, 3.05) is 0 Å². The van der Waals surface area contributed by atoms with Crippen molar-refractivity contribution in [2.45, 2.75) is 13.5 Å². The summed E-state index contributed by atoms with van der Waals surface area (Å²) in [4.78, 5) is 4.39. The first-order chi connectivity index (χ1) is 8.79. The lowest BCUT2D eigenvalue weighted by atomic mass is 10.1. The summed E-state index contributed by atoms with van der Waals surface area (Å²) in [5.41, 5.74) is 10.3. The molecule has 2 N–H and O–H groups in total. The highest BCUT2D eigenvalue weighted by Crippen LogP contribution is 2.23. The van der Waals surface area contributed by atoms with E-state index in [1.54, 1.807) is 10.7 Å². The molecule has 3 rings (SSSR count). The third-order valence-electron chi connectivity index (χ3n) is 2.95. The highest BCUT2D eigenvalue weighted by molar-refractivity contribution is 5.75. The van der Waals surface area contributed by atoms with Crippen LogP contribution in [0.4, 0.5) is 0 Å². The van der Waals surface area contributed by atoms with Gasteiger partial charge >= 0.3 is 0 Å². The molecular weight excluding hydrogens is 226 g/mol. The zero-order valence-electron chi connectivity index (χ0n) is 10.0. The highest BCUT2D eigenvalue weighted by atomic mass is 15.4. The van der Waals surface area contributed by atoms with Crippen LogP contribution in [0.25, 0.3) is 16.9 Å². The van der Waals surface area contributed by atoms with E-state index in [4.69, 9.17) is 5.73 Å². The molecule has 0 amide bonds. The van der Waals surface area contributed by atoms with Crippen LogP contribution in [0.3, 0.4) is 0 Å². The maximum atomic E-state index is 5.58. The maximum absolute atomic E-state index is 5.58. The number of fused-ring (bicyclic) bond motifs is 1. The van der Waals surface area contributed by atoms with Crippen molar-refractivity contribution in [2.24, 2.45) is 5.73 Å². The Labute approximate surface area is 104 Å². The summed E-state index contributed by atoms with van der Waals surface area (Å²) in [6.07, 6.45) is 3.62. The molecule has 0 aliphatic carbocycles. The highest BCUT2D eigenvalue weighted by Gasteiger charge is 2.11. The van der Waals surface area contributed by atoms with Crippen LogP contribution in [-0.4, -0.2) is 19.8 Å². The van der Waals surface area contributed by atoms with E-state index >= 15 is 0 Å². The van der Waals surface area contributed by atoms with Crippen molar-refractivity contribution < 1.29 is 0 Å². The van der Waals surface area contributed by atoms with Crippen molar-refractivity contribution in [1.29, 1.82) is 0 Å². The van der Waals surface area contributed by atoms with E-state index in [0.717, 1.165) is 28.0 Å². The fourth-order valence-corrected chi connectivity index (χ4v) is 1.95. The van der Waals surface area contributed by atoms with Crippen LogP contribution in [0.5, 0.6) is 0 Å². The number of hydrogen-bond donors (Lipinski definition) is 1. The van der Waals surface area contributed by atoms with Crippen molar-refractivity contribution in [1.82, 2.24) is 19.8 Å². The molecule has 0 saturated carbocycles. The first-order valence-corrected chi connectivity index (χ1v) is 5.75. The minimum atomic E-state index is 0.447. The number of hydrogen-bond acceptors (Lipinski definition) is 4. The molecule has 3 aromatic rings. The molecule has 0 radical (unpaired) electrons. The Hall–Kier alpha value is -2.27. The van der Waals surface area contributed by atoms with Gasteiger partial charge in [-0.15, -0.1) is 5.10 Å². The SMILES string of the molecule is Cc1ccccc1-c1nnn2cc(CN)cnc12. The van der Waals surface area contributed by atoms with Crippen LogP contribution in [0.2, 0.25) is 0 Å². The molecule has 0 aliphatic rings. The van der Waals surface area contributed by atoms with Crippen LogP contribution in [0, 0.1) is 6.92 Å². The number of aromatic nitrogens is 4. The molecule has 18 heavy (non-hydrogen) atoms. The zero-order chi connectivity index (χ0) is 12.5. The van der Waals surface area contributed by atoms with Crippen LogP contribution in [0.15, 0.2) is 36.7 Å². The Balaban J connectivity index is 2.22. The van der Waals surface area contributed by atoms with E-state index in [1.807, 2.05) is 24.4 Å². The molecule has 0 bridgehead atoms. The molecule has 1 aromatic carbocycles. The Bertz CT molecular complexity index is 701. The van der Waals surface area contributed by atoms with Crippen LogP contribution >= 0.6 is 0 Å². The second-order valence-electron chi connectivity index (χ2n) is 4.19. The number of nitrogens with two attached hydrogens (primary N) is 1. The Morgan fingerprint density at radius 3 is 2.89 bits per heavy atom. The topological polar surface area (TPSA) is 69.1 Å². The molecular formula is C13H13N5. The number of rotatable bonds is 2. The minimum absolute atomic E-state index is 0.447. The van der Waals surface area contributed by atoms with E-state index in [1.165, 1.54) is 0 Å². The fraction of sp³-hybridized carbons (Fsp3) is 0.154. The summed E-state index contributed by atoms with van der Waals surface area (Å²) < 4.78 is 1.67. The molecule has 5 nitrogen and oxygen atoms in total. The zero-order valence-corrected chi connectivity index (χ0v) is 10.0. The second-order valence-corrected chi connectivity index (χ2v) is 4.19. The molecule has 0 fully saturated rings. The Morgan fingerprint density at radius 2 is 2.11 bits per heavy atom. The minimum Gasteiger partial charge on any atom is -0.326 e. The van der Waals surface area contributed by atoms with E-state index in [9.17, 15) is 0 Å². The molecule has 90 valence electrons. The van der Waals surface area contributed by atoms with E-state index in [2.05, 4.69) is 28.3 Å². The standard InChI is InChI=1S/C13H13N5/c1-9-4-2-3-5-11(9)12-13-15-7-10(6-14)8-18(13)17-16-12/h2-5,7-8H,6,14H2,1H3. The summed E-state index contributed by atoms with van der Waals surface area (Å²) in [5.74, 6) is 0. The lowest BCUT2D eigenvalue weighted by molar-refractivity contribution is 0.832. The molecule has 0 aliphatic heterocycles. The van der Waals surface area contributed by atoms with Gasteiger partial charge in [0.25, 0.3) is 0 Å². The van der Waals surface area contributed by atoms with Gasteiger partial charge in [0.05, 0.1) is 0 Å². The van der Waals surface area contributed by atoms with Crippen molar-refractivity contribution >= 4 is 5.65 Å². The monoisotopic (exact) mass is 239 g/mol. The van der Waals surface area contributed by atoms with Gasteiger partial charge in [-0.05, 0) is 12.5 Å². The van der Waals surface area contributed by atoms with Gasteiger partial charge in [-0.3, -0.25) is 0 Å². The maximum Gasteiger partial charge on any atom is 0.183 e. The number of benzene rings is 1. The predicted octanol–water partition coefficient (Wildman–Crippen LogP) is 1.56. The molecule has 0 unspecified atom stereocenters. The Morgan fingerprint density at radius 1 is 1.28 bits per heavy atom. The molecule has 0 atom stereocenters. The van der Waals surface area contributed by atoms with E-state index < -0.39 is 0 Å². The predicted molar refractivity (Wildman–Crippen MR) is 68.8 cm³/mol. The summed E-state index contributed by atoms with van der Waals surface area (Å²) in [6, 6.07) is 8.07. The third-order valence-corrected chi connectivity index (χ3v) is 2.95. The van der Waals surface area contributed by atoms with Gasteiger partial charge in [-0.1, -0.05) is 29.5 Å². The van der Waals surface area contributed by atoms with Crippen LogP contribution in [0.1, 0.15) is 11.1 Å². The van der Waals surface area contributed by atoms with Gasteiger partial charge in [-0.2, -0.15) is 0 Å². The Kier molecular flexibility index (Phi) is 2.53. The average Bonchev–Trinajstić information content (AvgIpc) is 2.82. The summed E-state index contributed by atoms with van der Waals surface area (Å²) in [6.45, 7) is 2.50. The molecule has 2 heterocycles. The molecule has 5 heteroatoms.